The highest BCUT2D eigenvalue weighted by molar-refractivity contribution is 5.33. The lowest BCUT2D eigenvalue weighted by Gasteiger charge is -2.06. The first kappa shape index (κ1) is 10.6. The van der Waals surface area contributed by atoms with Crippen LogP contribution in [-0.2, 0) is 6.54 Å². The number of halogens is 1. The monoisotopic (exact) mass is 220 g/mol. The van der Waals surface area contributed by atoms with Gasteiger partial charge in [-0.25, -0.2) is 9.07 Å². The van der Waals surface area contributed by atoms with Crippen molar-refractivity contribution in [1.82, 2.24) is 15.0 Å². The van der Waals surface area contributed by atoms with Gasteiger partial charge in [0.25, 0.3) is 0 Å². The molecule has 0 saturated heterocycles. The van der Waals surface area contributed by atoms with Crippen LogP contribution < -0.4 is 5.73 Å². The van der Waals surface area contributed by atoms with Crippen LogP contribution in [0.4, 0.5) is 10.2 Å². The van der Waals surface area contributed by atoms with Gasteiger partial charge in [-0.2, -0.15) is 0 Å². The molecule has 2 N–H and O–H groups in total. The predicted molar refractivity (Wildman–Crippen MR) is 59.4 cm³/mol. The van der Waals surface area contributed by atoms with E-state index >= 15 is 0 Å². The molecule has 0 fully saturated rings. The zero-order valence-corrected chi connectivity index (χ0v) is 9.24. The predicted octanol–water partition coefficient (Wildman–Crippen LogP) is 1.66. The maximum Gasteiger partial charge on any atom is 0.168 e. The number of benzene rings is 1. The summed E-state index contributed by atoms with van der Waals surface area (Å²) in [6.07, 6.45) is 0. The summed E-state index contributed by atoms with van der Waals surface area (Å²) in [5, 5.41) is 7.70. The maximum atomic E-state index is 12.9. The van der Waals surface area contributed by atoms with E-state index in [9.17, 15) is 4.39 Å². The lowest BCUT2D eigenvalue weighted by molar-refractivity contribution is 0.614. The topological polar surface area (TPSA) is 56.7 Å². The second-order valence-corrected chi connectivity index (χ2v) is 3.79. The molecular weight excluding hydrogens is 207 g/mol. The fourth-order valence-corrected chi connectivity index (χ4v) is 1.52. The van der Waals surface area contributed by atoms with Crippen LogP contribution in [-0.4, -0.2) is 15.0 Å². The molecule has 0 unspecified atom stereocenters. The molecule has 16 heavy (non-hydrogen) atoms. The summed E-state index contributed by atoms with van der Waals surface area (Å²) in [5.74, 6) is 0.204. The Kier molecular flexibility index (Phi) is 2.60. The molecule has 0 aliphatic rings. The third-order valence-electron chi connectivity index (χ3n) is 2.64. The standard InChI is InChI=1S/C11H13FN4/c1-7-5-10(12)4-3-9(7)6-16-8(2)11(13)14-15-16/h3-5H,6,13H2,1-2H3. The van der Waals surface area contributed by atoms with Crippen LogP contribution in [0.2, 0.25) is 0 Å². The van der Waals surface area contributed by atoms with E-state index < -0.39 is 0 Å². The number of aromatic nitrogens is 3. The highest BCUT2D eigenvalue weighted by atomic mass is 19.1. The minimum Gasteiger partial charge on any atom is -0.381 e. The van der Waals surface area contributed by atoms with Crippen LogP contribution >= 0.6 is 0 Å². The van der Waals surface area contributed by atoms with E-state index in [0.29, 0.717) is 12.4 Å². The average Bonchev–Trinajstić information content (AvgIpc) is 2.54. The molecule has 0 aliphatic heterocycles. The average molecular weight is 220 g/mol. The van der Waals surface area contributed by atoms with Crippen molar-refractivity contribution in [2.24, 2.45) is 0 Å². The van der Waals surface area contributed by atoms with Gasteiger partial charge in [0.05, 0.1) is 12.2 Å². The van der Waals surface area contributed by atoms with Crippen molar-refractivity contribution in [3.05, 3.63) is 40.8 Å². The second-order valence-electron chi connectivity index (χ2n) is 3.79. The third kappa shape index (κ3) is 1.88. The summed E-state index contributed by atoms with van der Waals surface area (Å²) < 4.78 is 14.6. The van der Waals surface area contributed by atoms with E-state index in [1.807, 2.05) is 13.8 Å². The number of hydrogen-bond acceptors (Lipinski definition) is 3. The van der Waals surface area contributed by atoms with E-state index in [1.54, 1.807) is 10.7 Å². The Labute approximate surface area is 92.9 Å². The van der Waals surface area contributed by atoms with E-state index in [4.69, 9.17) is 5.73 Å². The number of hydrogen-bond donors (Lipinski definition) is 1. The minimum atomic E-state index is -0.226. The smallest absolute Gasteiger partial charge is 0.168 e. The zero-order valence-electron chi connectivity index (χ0n) is 9.24. The third-order valence-corrected chi connectivity index (χ3v) is 2.64. The molecule has 0 atom stereocenters. The van der Waals surface area contributed by atoms with Crippen molar-refractivity contribution in [2.75, 3.05) is 5.73 Å². The van der Waals surface area contributed by atoms with E-state index in [1.165, 1.54) is 12.1 Å². The normalized spacial score (nSPS) is 10.7. The number of rotatable bonds is 2. The molecule has 0 amide bonds. The Morgan fingerprint density at radius 1 is 1.38 bits per heavy atom. The number of aryl methyl sites for hydroxylation is 1. The van der Waals surface area contributed by atoms with Crippen molar-refractivity contribution in [3.63, 3.8) is 0 Å². The van der Waals surface area contributed by atoms with Crippen LogP contribution in [0.25, 0.3) is 0 Å². The van der Waals surface area contributed by atoms with Crippen LogP contribution in [0.5, 0.6) is 0 Å². The highest BCUT2D eigenvalue weighted by Gasteiger charge is 2.07. The number of nitrogen functional groups attached to an aromatic ring is 1. The molecule has 1 aromatic carbocycles. The molecule has 2 rings (SSSR count). The lowest BCUT2D eigenvalue weighted by Crippen LogP contribution is -2.06. The van der Waals surface area contributed by atoms with Crippen molar-refractivity contribution >= 4 is 5.82 Å². The summed E-state index contributed by atoms with van der Waals surface area (Å²) in [7, 11) is 0. The van der Waals surface area contributed by atoms with Gasteiger partial charge in [0.2, 0.25) is 0 Å². The first-order valence-electron chi connectivity index (χ1n) is 4.98. The maximum absolute atomic E-state index is 12.9. The molecule has 0 saturated carbocycles. The fourth-order valence-electron chi connectivity index (χ4n) is 1.52. The van der Waals surface area contributed by atoms with Gasteiger partial charge >= 0.3 is 0 Å². The molecular formula is C11H13FN4. The summed E-state index contributed by atoms with van der Waals surface area (Å²) in [5.41, 5.74) is 8.33. The van der Waals surface area contributed by atoms with E-state index in [0.717, 1.165) is 16.8 Å². The van der Waals surface area contributed by atoms with Gasteiger partial charge < -0.3 is 5.73 Å². The molecule has 1 aromatic heterocycles. The van der Waals surface area contributed by atoms with Crippen molar-refractivity contribution in [1.29, 1.82) is 0 Å². The van der Waals surface area contributed by atoms with Gasteiger partial charge in [0.15, 0.2) is 5.82 Å². The Morgan fingerprint density at radius 3 is 2.69 bits per heavy atom. The quantitative estimate of drug-likeness (QED) is 0.837. The number of anilines is 1. The molecule has 0 aliphatic carbocycles. The summed E-state index contributed by atoms with van der Waals surface area (Å²) >= 11 is 0. The second kappa shape index (κ2) is 3.92. The number of nitrogens with zero attached hydrogens (tertiary/aromatic N) is 3. The first-order chi connectivity index (χ1) is 7.58. The molecule has 5 heteroatoms. The molecule has 0 bridgehead atoms. The summed E-state index contributed by atoms with van der Waals surface area (Å²) in [6.45, 7) is 4.28. The Bertz CT molecular complexity index is 519. The van der Waals surface area contributed by atoms with Crippen LogP contribution in [0, 0.1) is 19.7 Å². The van der Waals surface area contributed by atoms with Crippen molar-refractivity contribution in [3.8, 4) is 0 Å². The molecule has 0 spiro atoms. The molecule has 0 radical (unpaired) electrons. The minimum absolute atomic E-state index is 0.226. The van der Waals surface area contributed by atoms with E-state index in [2.05, 4.69) is 10.3 Å². The Morgan fingerprint density at radius 2 is 2.12 bits per heavy atom. The summed E-state index contributed by atoms with van der Waals surface area (Å²) in [4.78, 5) is 0. The van der Waals surface area contributed by atoms with Crippen LogP contribution in [0.1, 0.15) is 16.8 Å². The molecule has 2 aromatic rings. The van der Waals surface area contributed by atoms with Gasteiger partial charge in [-0.15, -0.1) is 5.10 Å². The van der Waals surface area contributed by atoms with Gasteiger partial charge in [-0.3, -0.25) is 0 Å². The van der Waals surface area contributed by atoms with E-state index in [-0.39, 0.29) is 5.82 Å². The Hall–Kier alpha value is -1.91. The van der Waals surface area contributed by atoms with Crippen molar-refractivity contribution in [2.45, 2.75) is 20.4 Å². The highest BCUT2D eigenvalue weighted by Crippen LogP contribution is 2.13. The fraction of sp³-hybridized carbons (Fsp3) is 0.273. The van der Waals surface area contributed by atoms with Gasteiger partial charge in [0.1, 0.15) is 5.82 Å². The van der Waals surface area contributed by atoms with Gasteiger partial charge in [-0.1, -0.05) is 11.3 Å². The van der Waals surface area contributed by atoms with Gasteiger partial charge in [-0.05, 0) is 37.1 Å². The molecule has 4 nitrogen and oxygen atoms in total. The molecule has 1 heterocycles. The SMILES string of the molecule is Cc1cc(F)ccc1Cn1nnc(N)c1C. The lowest BCUT2D eigenvalue weighted by atomic mass is 10.1. The molecule has 84 valence electrons. The Balaban J connectivity index is 2.30. The first-order valence-corrected chi connectivity index (χ1v) is 4.98. The zero-order chi connectivity index (χ0) is 11.7. The van der Waals surface area contributed by atoms with Gasteiger partial charge in [0, 0.05) is 0 Å². The largest absolute Gasteiger partial charge is 0.381 e. The van der Waals surface area contributed by atoms with Crippen molar-refractivity contribution < 1.29 is 4.39 Å². The van der Waals surface area contributed by atoms with Crippen LogP contribution in [0.15, 0.2) is 18.2 Å². The summed E-state index contributed by atoms with van der Waals surface area (Å²) in [6, 6.07) is 4.70. The van der Waals surface area contributed by atoms with Crippen LogP contribution in [0.3, 0.4) is 0 Å². The number of nitrogens with two attached hydrogens (primary N) is 1.